The molecule has 0 aliphatic carbocycles. The summed E-state index contributed by atoms with van der Waals surface area (Å²) in [5, 5.41) is 3.50. The summed E-state index contributed by atoms with van der Waals surface area (Å²) in [7, 11) is 0. The Labute approximate surface area is 80.2 Å². The lowest BCUT2D eigenvalue weighted by Crippen LogP contribution is -2.16. The first-order valence-electron chi connectivity index (χ1n) is 5.06. The molecular formula is C12H17N. The number of rotatable bonds is 1. The van der Waals surface area contributed by atoms with Crippen molar-refractivity contribution in [3.05, 3.63) is 35.4 Å². The van der Waals surface area contributed by atoms with Gasteiger partial charge < -0.3 is 5.32 Å². The van der Waals surface area contributed by atoms with E-state index >= 15 is 0 Å². The van der Waals surface area contributed by atoms with Crippen molar-refractivity contribution in [2.45, 2.75) is 32.2 Å². The summed E-state index contributed by atoms with van der Waals surface area (Å²) in [5.74, 6) is 0.733. The van der Waals surface area contributed by atoms with Crippen molar-refractivity contribution >= 4 is 0 Å². The minimum absolute atomic E-state index is 0.685. The summed E-state index contributed by atoms with van der Waals surface area (Å²) in [6.45, 7) is 5.61. The van der Waals surface area contributed by atoms with Crippen LogP contribution in [0.5, 0.6) is 0 Å². The van der Waals surface area contributed by atoms with Gasteiger partial charge in [-0.15, -0.1) is 0 Å². The Kier molecular flexibility index (Phi) is 2.36. The third-order valence-corrected chi connectivity index (χ3v) is 2.98. The molecule has 0 aromatic heterocycles. The van der Waals surface area contributed by atoms with Gasteiger partial charge in [-0.1, -0.05) is 24.3 Å². The lowest BCUT2D eigenvalue weighted by molar-refractivity contribution is 0.658. The number of nitrogens with one attached hydrogen (secondary N) is 1. The fraction of sp³-hybridized carbons (Fsp3) is 0.500. The second-order valence-electron chi connectivity index (χ2n) is 4.10. The lowest BCUT2D eigenvalue weighted by Gasteiger charge is -2.11. The molecule has 13 heavy (non-hydrogen) atoms. The summed E-state index contributed by atoms with van der Waals surface area (Å²) >= 11 is 0. The monoisotopic (exact) mass is 175 g/mol. The summed E-state index contributed by atoms with van der Waals surface area (Å²) in [6, 6.07) is 9.41. The number of benzene rings is 1. The van der Waals surface area contributed by atoms with Gasteiger partial charge in [0.15, 0.2) is 0 Å². The molecule has 2 atom stereocenters. The second kappa shape index (κ2) is 3.51. The Bertz CT molecular complexity index is 293. The van der Waals surface area contributed by atoms with Crippen molar-refractivity contribution in [1.29, 1.82) is 0 Å². The van der Waals surface area contributed by atoms with Gasteiger partial charge in [0.2, 0.25) is 0 Å². The molecule has 0 saturated carbocycles. The van der Waals surface area contributed by atoms with Gasteiger partial charge in [0.05, 0.1) is 0 Å². The van der Waals surface area contributed by atoms with E-state index in [-0.39, 0.29) is 0 Å². The first kappa shape index (κ1) is 8.76. The van der Waals surface area contributed by atoms with Crippen LogP contribution in [0.3, 0.4) is 0 Å². The van der Waals surface area contributed by atoms with Crippen LogP contribution in [-0.4, -0.2) is 12.6 Å². The molecule has 1 N–H and O–H groups in total. The molecular weight excluding hydrogens is 158 g/mol. The van der Waals surface area contributed by atoms with Crippen LogP contribution >= 0.6 is 0 Å². The molecule has 0 spiro atoms. The summed E-state index contributed by atoms with van der Waals surface area (Å²) in [6.07, 6.45) is 1.28. The van der Waals surface area contributed by atoms with Crippen molar-refractivity contribution in [2.75, 3.05) is 6.54 Å². The number of hydrogen-bond acceptors (Lipinski definition) is 1. The molecule has 1 heterocycles. The SMILES string of the molecule is Cc1ccccc1C1CNC(C)C1. The molecule has 1 aliphatic rings. The van der Waals surface area contributed by atoms with Crippen molar-refractivity contribution in [3.8, 4) is 0 Å². The smallest absolute Gasteiger partial charge is 0.00452 e. The van der Waals surface area contributed by atoms with E-state index in [0.717, 1.165) is 12.5 Å². The van der Waals surface area contributed by atoms with Gasteiger partial charge in [-0.25, -0.2) is 0 Å². The molecule has 0 bridgehead atoms. The highest BCUT2D eigenvalue weighted by atomic mass is 14.9. The largest absolute Gasteiger partial charge is 0.314 e. The zero-order chi connectivity index (χ0) is 9.26. The quantitative estimate of drug-likeness (QED) is 0.691. The van der Waals surface area contributed by atoms with Gasteiger partial charge in [0.25, 0.3) is 0 Å². The van der Waals surface area contributed by atoms with Gasteiger partial charge >= 0.3 is 0 Å². The molecule has 1 aromatic carbocycles. The predicted molar refractivity (Wildman–Crippen MR) is 56.0 cm³/mol. The maximum Gasteiger partial charge on any atom is 0.00452 e. The van der Waals surface area contributed by atoms with Crippen LogP contribution in [0.1, 0.15) is 30.4 Å². The van der Waals surface area contributed by atoms with E-state index in [1.807, 2.05) is 0 Å². The third kappa shape index (κ3) is 1.75. The average Bonchev–Trinajstić information content (AvgIpc) is 2.53. The van der Waals surface area contributed by atoms with Crippen LogP contribution in [0, 0.1) is 6.92 Å². The van der Waals surface area contributed by atoms with Crippen LogP contribution in [0.15, 0.2) is 24.3 Å². The maximum absolute atomic E-state index is 3.50. The minimum atomic E-state index is 0.685. The first-order chi connectivity index (χ1) is 6.27. The predicted octanol–water partition coefficient (Wildman–Crippen LogP) is 2.46. The van der Waals surface area contributed by atoms with Crippen LogP contribution < -0.4 is 5.32 Å². The molecule has 0 radical (unpaired) electrons. The van der Waals surface area contributed by atoms with Crippen molar-refractivity contribution in [3.63, 3.8) is 0 Å². The van der Waals surface area contributed by atoms with E-state index in [4.69, 9.17) is 0 Å². The van der Waals surface area contributed by atoms with Crippen molar-refractivity contribution in [1.82, 2.24) is 5.32 Å². The highest BCUT2D eigenvalue weighted by Crippen LogP contribution is 2.27. The Morgan fingerprint density at radius 3 is 2.69 bits per heavy atom. The van der Waals surface area contributed by atoms with Gasteiger partial charge in [-0.2, -0.15) is 0 Å². The fourth-order valence-corrected chi connectivity index (χ4v) is 2.22. The molecule has 2 rings (SSSR count). The lowest BCUT2D eigenvalue weighted by atomic mass is 9.93. The van der Waals surface area contributed by atoms with E-state index < -0.39 is 0 Å². The van der Waals surface area contributed by atoms with E-state index in [2.05, 4.69) is 43.4 Å². The molecule has 1 nitrogen and oxygen atoms in total. The molecule has 1 saturated heterocycles. The average molecular weight is 175 g/mol. The Morgan fingerprint density at radius 2 is 2.08 bits per heavy atom. The second-order valence-corrected chi connectivity index (χ2v) is 4.10. The molecule has 1 heteroatoms. The Balaban J connectivity index is 2.21. The highest BCUT2D eigenvalue weighted by molar-refractivity contribution is 5.30. The third-order valence-electron chi connectivity index (χ3n) is 2.98. The van der Waals surface area contributed by atoms with Gasteiger partial charge in [0, 0.05) is 12.6 Å². The molecule has 1 aliphatic heterocycles. The zero-order valence-electron chi connectivity index (χ0n) is 8.38. The standard InChI is InChI=1S/C12H17N/c1-9-5-3-4-6-12(9)11-7-10(2)13-8-11/h3-6,10-11,13H,7-8H2,1-2H3. The van der Waals surface area contributed by atoms with E-state index in [1.54, 1.807) is 0 Å². The minimum Gasteiger partial charge on any atom is -0.314 e. The maximum atomic E-state index is 3.50. The van der Waals surface area contributed by atoms with Gasteiger partial charge in [-0.3, -0.25) is 0 Å². The molecule has 1 aromatic rings. The van der Waals surface area contributed by atoms with E-state index in [1.165, 1.54) is 17.5 Å². The van der Waals surface area contributed by atoms with Crippen molar-refractivity contribution in [2.24, 2.45) is 0 Å². The van der Waals surface area contributed by atoms with Gasteiger partial charge in [0.1, 0.15) is 0 Å². The zero-order valence-corrected chi connectivity index (χ0v) is 8.38. The van der Waals surface area contributed by atoms with Crippen LogP contribution in [0.25, 0.3) is 0 Å². The summed E-state index contributed by atoms with van der Waals surface area (Å²) < 4.78 is 0. The summed E-state index contributed by atoms with van der Waals surface area (Å²) in [4.78, 5) is 0. The molecule has 2 unspecified atom stereocenters. The van der Waals surface area contributed by atoms with Crippen LogP contribution in [0.2, 0.25) is 0 Å². The fourth-order valence-electron chi connectivity index (χ4n) is 2.22. The Morgan fingerprint density at radius 1 is 1.31 bits per heavy atom. The highest BCUT2D eigenvalue weighted by Gasteiger charge is 2.22. The molecule has 70 valence electrons. The van der Waals surface area contributed by atoms with E-state index in [0.29, 0.717) is 6.04 Å². The van der Waals surface area contributed by atoms with Crippen molar-refractivity contribution < 1.29 is 0 Å². The topological polar surface area (TPSA) is 12.0 Å². The normalized spacial score (nSPS) is 27.8. The first-order valence-corrected chi connectivity index (χ1v) is 5.06. The van der Waals surface area contributed by atoms with E-state index in [9.17, 15) is 0 Å². The van der Waals surface area contributed by atoms with Crippen LogP contribution in [-0.2, 0) is 0 Å². The molecule has 1 fully saturated rings. The number of aryl methyl sites for hydroxylation is 1. The molecule has 0 amide bonds. The van der Waals surface area contributed by atoms with Gasteiger partial charge in [-0.05, 0) is 37.3 Å². The Hall–Kier alpha value is -0.820. The van der Waals surface area contributed by atoms with Crippen LogP contribution in [0.4, 0.5) is 0 Å². The summed E-state index contributed by atoms with van der Waals surface area (Å²) in [5.41, 5.74) is 2.96. The number of hydrogen-bond donors (Lipinski definition) is 1.